The minimum absolute atomic E-state index is 0.0917. The summed E-state index contributed by atoms with van der Waals surface area (Å²) in [7, 11) is -3.39. The van der Waals surface area contributed by atoms with Gasteiger partial charge in [-0.3, -0.25) is 14.4 Å². The van der Waals surface area contributed by atoms with Gasteiger partial charge in [0.25, 0.3) is 11.8 Å². The number of alkyl halides is 3. The molecule has 2 unspecified atom stereocenters. The largest absolute Gasteiger partial charge is 0.416 e. The van der Waals surface area contributed by atoms with E-state index >= 15 is 0 Å². The van der Waals surface area contributed by atoms with Crippen LogP contribution in [-0.2, 0) is 20.8 Å². The number of hydrogen-bond acceptors (Lipinski definition) is 5. The molecule has 1 aliphatic carbocycles. The smallest absolute Gasteiger partial charge is 0.350 e. The van der Waals surface area contributed by atoms with Crippen molar-refractivity contribution in [2.45, 2.75) is 48.8 Å². The Hall–Kier alpha value is -3.41. The summed E-state index contributed by atoms with van der Waals surface area (Å²) >= 11 is 0. The fraction of sp³-hybridized carbons (Fsp3) is 0.375. The highest BCUT2D eigenvalue weighted by Crippen LogP contribution is 2.29. The Labute approximate surface area is 206 Å². The quantitative estimate of drug-likeness (QED) is 0.513. The third-order valence-corrected chi connectivity index (χ3v) is 6.96. The van der Waals surface area contributed by atoms with Crippen molar-refractivity contribution in [1.29, 1.82) is 0 Å². The monoisotopic (exact) mass is 525 g/mol. The molecule has 12 heteroatoms. The molecular formula is C24H26F3N3O5S. The van der Waals surface area contributed by atoms with Gasteiger partial charge in [-0.05, 0) is 55.3 Å². The molecule has 0 heterocycles. The molecule has 0 aliphatic heterocycles. The molecule has 0 radical (unpaired) electrons. The van der Waals surface area contributed by atoms with Crippen LogP contribution in [0.1, 0.15) is 52.0 Å². The van der Waals surface area contributed by atoms with Crippen LogP contribution in [0.2, 0.25) is 0 Å². The van der Waals surface area contributed by atoms with Crippen molar-refractivity contribution in [2.75, 3.05) is 12.8 Å². The van der Waals surface area contributed by atoms with Crippen LogP contribution in [0.25, 0.3) is 0 Å². The summed E-state index contributed by atoms with van der Waals surface area (Å²) in [6.07, 6.45) is -0.684. The van der Waals surface area contributed by atoms with E-state index in [9.17, 15) is 36.0 Å². The lowest BCUT2D eigenvalue weighted by Gasteiger charge is -2.33. The maximum atomic E-state index is 12.9. The molecule has 1 fully saturated rings. The van der Waals surface area contributed by atoms with Crippen LogP contribution < -0.4 is 16.0 Å². The Kier molecular flexibility index (Phi) is 8.39. The Morgan fingerprint density at radius 3 is 2.08 bits per heavy atom. The Morgan fingerprint density at radius 1 is 0.889 bits per heavy atom. The number of nitrogens with one attached hydrogen (secondary N) is 3. The second-order valence-corrected chi connectivity index (χ2v) is 10.6. The Bertz CT molecular complexity index is 1230. The van der Waals surface area contributed by atoms with Crippen LogP contribution in [0.5, 0.6) is 0 Å². The van der Waals surface area contributed by atoms with Crippen LogP contribution in [0.4, 0.5) is 13.2 Å². The molecule has 2 aromatic rings. The van der Waals surface area contributed by atoms with Crippen LogP contribution in [-0.4, -0.2) is 51.0 Å². The number of hydrogen-bond donors (Lipinski definition) is 3. The van der Waals surface area contributed by atoms with Gasteiger partial charge in [-0.25, -0.2) is 8.42 Å². The number of amides is 3. The first-order valence-electron chi connectivity index (χ1n) is 11.2. The summed E-state index contributed by atoms with van der Waals surface area (Å²) < 4.78 is 61.8. The lowest BCUT2D eigenvalue weighted by Crippen LogP contribution is -2.54. The van der Waals surface area contributed by atoms with Gasteiger partial charge in [0.05, 0.1) is 17.0 Å². The lowest BCUT2D eigenvalue weighted by molar-refractivity contribution is -0.137. The molecule has 0 aromatic heterocycles. The van der Waals surface area contributed by atoms with Crippen LogP contribution in [0.3, 0.4) is 0 Å². The standard InChI is InChI=1S/C24H26F3N3O5S/c1-36(34,35)18-11-9-15(10-12-18)23(33)30-20-8-3-2-7-19(20)29-21(31)14-28-22(32)16-5-4-6-17(13-16)24(25,26)27/h4-6,9-13,19-20H,2-3,7-8,14H2,1H3,(H,28,32)(H,29,31)(H,30,33). The van der Waals surface area contributed by atoms with E-state index in [1.807, 2.05) is 0 Å². The van der Waals surface area contributed by atoms with Gasteiger partial charge in [-0.2, -0.15) is 13.2 Å². The molecule has 36 heavy (non-hydrogen) atoms. The molecule has 1 aliphatic rings. The van der Waals surface area contributed by atoms with Crippen molar-refractivity contribution in [3.8, 4) is 0 Å². The van der Waals surface area contributed by atoms with Gasteiger partial charge in [0.15, 0.2) is 9.84 Å². The average molecular weight is 526 g/mol. The van der Waals surface area contributed by atoms with E-state index in [-0.39, 0.29) is 22.1 Å². The second kappa shape index (κ2) is 11.1. The first kappa shape index (κ1) is 27.2. The summed E-state index contributed by atoms with van der Waals surface area (Å²) in [5, 5.41) is 7.94. The SMILES string of the molecule is CS(=O)(=O)c1ccc(C(=O)NC2CCCCC2NC(=O)CNC(=O)c2cccc(C(F)(F)F)c2)cc1. The first-order valence-corrected chi connectivity index (χ1v) is 13.1. The number of rotatable bonds is 7. The topological polar surface area (TPSA) is 121 Å². The highest BCUT2D eigenvalue weighted by molar-refractivity contribution is 7.90. The van der Waals surface area contributed by atoms with E-state index < -0.39 is 51.9 Å². The predicted octanol–water partition coefficient (Wildman–Crippen LogP) is 2.70. The number of carbonyl (C=O) groups is 3. The van der Waals surface area contributed by atoms with Crippen molar-refractivity contribution in [3.63, 3.8) is 0 Å². The predicted molar refractivity (Wildman–Crippen MR) is 125 cm³/mol. The van der Waals surface area contributed by atoms with E-state index in [2.05, 4.69) is 16.0 Å². The van der Waals surface area contributed by atoms with Crippen LogP contribution in [0.15, 0.2) is 53.4 Å². The first-order chi connectivity index (χ1) is 16.8. The maximum Gasteiger partial charge on any atom is 0.416 e. The third kappa shape index (κ3) is 7.30. The summed E-state index contributed by atoms with van der Waals surface area (Å²) in [6.45, 7) is -0.445. The third-order valence-electron chi connectivity index (χ3n) is 5.84. The molecule has 0 spiro atoms. The Morgan fingerprint density at radius 2 is 1.50 bits per heavy atom. The summed E-state index contributed by atoms with van der Waals surface area (Å²) in [4.78, 5) is 37.4. The highest BCUT2D eigenvalue weighted by Gasteiger charge is 2.31. The van der Waals surface area contributed by atoms with Crippen molar-refractivity contribution in [1.82, 2.24) is 16.0 Å². The van der Waals surface area contributed by atoms with Gasteiger partial charge >= 0.3 is 6.18 Å². The maximum absolute atomic E-state index is 12.9. The van der Waals surface area contributed by atoms with Crippen LogP contribution in [0, 0.1) is 0 Å². The fourth-order valence-electron chi connectivity index (χ4n) is 3.94. The molecule has 3 N–H and O–H groups in total. The molecular weight excluding hydrogens is 499 g/mol. The van der Waals surface area contributed by atoms with Gasteiger partial charge in [-0.15, -0.1) is 0 Å². The van der Waals surface area contributed by atoms with Gasteiger partial charge in [0, 0.05) is 29.5 Å². The molecule has 2 atom stereocenters. The average Bonchev–Trinajstić information content (AvgIpc) is 2.83. The summed E-state index contributed by atoms with van der Waals surface area (Å²) in [6, 6.07) is 8.61. The minimum atomic E-state index is -4.59. The number of sulfone groups is 1. The van der Waals surface area contributed by atoms with Crippen molar-refractivity contribution in [3.05, 3.63) is 65.2 Å². The highest BCUT2D eigenvalue weighted by atomic mass is 32.2. The van der Waals surface area contributed by atoms with E-state index in [0.29, 0.717) is 18.9 Å². The fourth-order valence-corrected chi connectivity index (χ4v) is 4.57. The molecule has 2 aromatic carbocycles. The molecule has 0 saturated heterocycles. The lowest BCUT2D eigenvalue weighted by atomic mass is 9.90. The van der Waals surface area contributed by atoms with Gasteiger partial charge in [0.2, 0.25) is 5.91 Å². The number of benzene rings is 2. The van der Waals surface area contributed by atoms with E-state index in [1.54, 1.807) is 0 Å². The molecule has 0 bridgehead atoms. The molecule has 194 valence electrons. The van der Waals surface area contributed by atoms with Crippen LogP contribution >= 0.6 is 0 Å². The van der Waals surface area contributed by atoms with E-state index in [0.717, 1.165) is 31.2 Å². The Balaban J connectivity index is 1.56. The molecule has 1 saturated carbocycles. The van der Waals surface area contributed by atoms with Crippen molar-refractivity contribution < 1.29 is 36.0 Å². The van der Waals surface area contributed by atoms with Crippen molar-refractivity contribution >= 4 is 27.6 Å². The van der Waals surface area contributed by atoms with Gasteiger partial charge in [-0.1, -0.05) is 18.9 Å². The summed E-state index contributed by atoms with van der Waals surface area (Å²) in [5.74, 6) is -1.78. The van der Waals surface area contributed by atoms with E-state index in [4.69, 9.17) is 0 Å². The van der Waals surface area contributed by atoms with Crippen molar-refractivity contribution in [2.24, 2.45) is 0 Å². The zero-order valence-electron chi connectivity index (χ0n) is 19.4. The molecule has 3 rings (SSSR count). The van der Waals surface area contributed by atoms with Gasteiger partial charge < -0.3 is 16.0 Å². The molecule has 8 nitrogen and oxygen atoms in total. The zero-order valence-corrected chi connectivity index (χ0v) is 20.2. The van der Waals surface area contributed by atoms with E-state index in [1.165, 1.54) is 30.3 Å². The van der Waals surface area contributed by atoms with Gasteiger partial charge in [0.1, 0.15) is 0 Å². The molecule has 3 amide bonds. The number of carbonyl (C=O) groups excluding carboxylic acids is 3. The minimum Gasteiger partial charge on any atom is -0.350 e. The second-order valence-electron chi connectivity index (χ2n) is 8.60. The normalized spacial score (nSPS) is 18.2. The summed E-state index contributed by atoms with van der Waals surface area (Å²) in [5.41, 5.74) is -0.917. The zero-order chi connectivity index (χ0) is 26.5. The number of halogens is 3.